The third-order valence-electron chi connectivity index (χ3n) is 10.2. The fourth-order valence-electron chi connectivity index (χ4n) is 7.46. The molecule has 4 fully saturated rings. The molecule has 14 nitrogen and oxygen atoms in total. The van der Waals surface area contributed by atoms with E-state index in [0.717, 1.165) is 59.3 Å². The van der Waals surface area contributed by atoms with Crippen molar-refractivity contribution in [3.05, 3.63) is 83.7 Å². The number of carbonyl (C=O) groups excluding carboxylic acids is 4. The van der Waals surface area contributed by atoms with Crippen molar-refractivity contribution in [2.75, 3.05) is 13.1 Å². The number of H-pyrrole nitrogens is 2. The Morgan fingerprint density at radius 3 is 1.44 bits per heavy atom. The van der Waals surface area contributed by atoms with Gasteiger partial charge in [0.2, 0.25) is 11.8 Å². The average Bonchev–Trinajstić information content (AvgIpc) is 3.99. The number of aromatic amines is 2. The molecule has 0 bridgehead atoms. The van der Waals surface area contributed by atoms with Crippen LogP contribution in [0.2, 0.25) is 0 Å². The quantitative estimate of drug-likeness (QED) is 0.217. The van der Waals surface area contributed by atoms with E-state index in [1.165, 1.54) is 0 Å². The molecule has 4 aliphatic rings. The summed E-state index contributed by atoms with van der Waals surface area (Å²) in [6.45, 7) is 4.63. The molecule has 0 spiro atoms. The summed E-state index contributed by atoms with van der Waals surface area (Å²) >= 11 is 0. The van der Waals surface area contributed by atoms with Crippen LogP contribution in [-0.4, -0.2) is 91.1 Å². The van der Waals surface area contributed by atoms with E-state index in [1.807, 2.05) is 48.5 Å². The summed E-state index contributed by atoms with van der Waals surface area (Å²) in [5, 5.41) is 5.24. The van der Waals surface area contributed by atoms with Gasteiger partial charge in [-0.05, 0) is 74.9 Å². The van der Waals surface area contributed by atoms with Gasteiger partial charge in [-0.3, -0.25) is 9.59 Å². The van der Waals surface area contributed by atoms with Crippen LogP contribution in [0.25, 0.3) is 22.5 Å². The summed E-state index contributed by atoms with van der Waals surface area (Å²) in [5.41, 5.74) is 5.32. The van der Waals surface area contributed by atoms with E-state index in [9.17, 15) is 19.2 Å². The van der Waals surface area contributed by atoms with Crippen LogP contribution in [0.4, 0.5) is 9.59 Å². The molecule has 0 radical (unpaired) electrons. The molecule has 0 saturated carbocycles. The molecule has 6 heterocycles. The fourth-order valence-corrected chi connectivity index (χ4v) is 7.46. The van der Waals surface area contributed by atoms with Crippen molar-refractivity contribution in [3.63, 3.8) is 0 Å². The number of benzene rings is 2. The van der Waals surface area contributed by atoms with Crippen LogP contribution in [0.15, 0.2) is 60.9 Å². The second-order valence-corrected chi connectivity index (χ2v) is 13.6. The molecule has 266 valence electrons. The number of alkyl carbamates (subject to hydrolysis) is 2. The van der Waals surface area contributed by atoms with Crippen molar-refractivity contribution in [2.24, 2.45) is 0 Å². The lowest BCUT2D eigenvalue weighted by Gasteiger charge is -2.26. The van der Waals surface area contributed by atoms with E-state index in [-0.39, 0.29) is 23.9 Å². The largest absolute Gasteiger partial charge is 0.444 e. The second kappa shape index (κ2) is 13.6. The highest BCUT2D eigenvalue weighted by Gasteiger charge is 2.44. The number of nitrogens with one attached hydrogen (secondary N) is 4. The zero-order valence-corrected chi connectivity index (χ0v) is 28.7. The number of aromatic nitrogens is 4. The molecule has 4 aliphatic heterocycles. The lowest BCUT2D eigenvalue weighted by atomic mass is 10.1. The Labute approximate surface area is 299 Å². The maximum atomic E-state index is 13.2. The number of ether oxygens (including phenoxy) is 2. The molecule has 6 atom stereocenters. The molecule has 2 aromatic carbocycles. The molecule has 4 saturated heterocycles. The highest BCUT2D eigenvalue weighted by molar-refractivity contribution is 5.89. The van der Waals surface area contributed by atoms with Crippen molar-refractivity contribution in [3.8, 4) is 34.4 Å². The van der Waals surface area contributed by atoms with Crippen molar-refractivity contribution in [1.29, 1.82) is 0 Å². The van der Waals surface area contributed by atoms with Gasteiger partial charge >= 0.3 is 12.2 Å². The van der Waals surface area contributed by atoms with E-state index in [4.69, 9.17) is 9.47 Å². The molecule has 8 rings (SSSR count). The topological polar surface area (TPSA) is 175 Å². The molecule has 0 aliphatic carbocycles. The van der Waals surface area contributed by atoms with E-state index in [2.05, 4.69) is 42.4 Å². The first-order chi connectivity index (χ1) is 25.2. The molecule has 2 aromatic heterocycles. The summed E-state index contributed by atoms with van der Waals surface area (Å²) in [6.07, 6.45) is 4.66. The standard InChI is InChI=1S/C38H38N8O6/c1-21-31(43-37(49)51-21)35(47)45-17-3-5-29(45)33-39-19-27(41-33)25-13-9-23(10-14-25)7-8-24-11-15-26(16-12-24)28-20-40-34(42-28)30-6-4-18-46(30)36(48)32-22(2)52-38(50)44-32/h9-16,19-22,29-32H,3-6,17-18H2,1-2H3,(H,39,41)(H,40,42)(H,43,49)(H,44,50). The first-order valence-electron chi connectivity index (χ1n) is 17.6. The third kappa shape index (κ3) is 6.34. The second-order valence-electron chi connectivity index (χ2n) is 13.6. The van der Waals surface area contributed by atoms with Crippen molar-refractivity contribution >= 4 is 24.0 Å². The maximum absolute atomic E-state index is 13.2. The SMILES string of the molecule is CC1OC(=O)NC1C(=O)N1CCCC1c1ncc(-c2ccc(C#Cc3ccc(-c4cnc(C5CCCN5C(=O)C5NC(=O)OC5C)[nH]4)cc3)cc2)[nH]1. The Morgan fingerprint density at radius 2 is 1.08 bits per heavy atom. The number of nitrogens with zero attached hydrogens (tertiary/aromatic N) is 4. The predicted octanol–water partition coefficient (Wildman–Crippen LogP) is 4.19. The minimum absolute atomic E-state index is 0.156. The summed E-state index contributed by atoms with van der Waals surface area (Å²) in [7, 11) is 0. The molecule has 52 heavy (non-hydrogen) atoms. The Hall–Kier alpha value is -6.10. The first kappa shape index (κ1) is 33.1. The van der Waals surface area contributed by atoms with Gasteiger partial charge in [0, 0.05) is 24.2 Å². The lowest BCUT2D eigenvalue weighted by molar-refractivity contribution is -0.136. The number of carbonyl (C=O) groups is 4. The van der Waals surface area contributed by atoms with Crippen LogP contribution in [-0.2, 0) is 19.1 Å². The minimum Gasteiger partial charge on any atom is -0.444 e. The van der Waals surface area contributed by atoms with Crippen molar-refractivity contribution in [1.82, 2.24) is 40.4 Å². The molecule has 6 unspecified atom stereocenters. The smallest absolute Gasteiger partial charge is 0.408 e. The normalized spacial score (nSPS) is 25.3. The number of hydrogen-bond donors (Lipinski definition) is 4. The van der Waals surface area contributed by atoms with Crippen LogP contribution < -0.4 is 10.6 Å². The van der Waals surface area contributed by atoms with Gasteiger partial charge in [0.1, 0.15) is 35.9 Å². The minimum atomic E-state index is -0.693. The number of rotatable bonds is 6. The van der Waals surface area contributed by atoms with Crippen LogP contribution >= 0.6 is 0 Å². The van der Waals surface area contributed by atoms with E-state index >= 15 is 0 Å². The predicted molar refractivity (Wildman–Crippen MR) is 187 cm³/mol. The zero-order valence-electron chi connectivity index (χ0n) is 28.7. The molecule has 4 aromatic rings. The summed E-state index contributed by atoms with van der Waals surface area (Å²) in [6, 6.07) is 14.0. The number of likely N-dealkylation sites (tertiary alicyclic amines) is 2. The Balaban J connectivity index is 0.892. The molecule has 14 heteroatoms. The third-order valence-corrected chi connectivity index (χ3v) is 10.2. The summed E-state index contributed by atoms with van der Waals surface area (Å²) in [5.74, 6) is 7.59. The first-order valence-corrected chi connectivity index (χ1v) is 17.6. The van der Waals surface area contributed by atoms with Crippen LogP contribution in [0.5, 0.6) is 0 Å². The van der Waals surface area contributed by atoms with E-state index in [1.54, 1.807) is 36.0 Å². The van der Waals surface area contributed by atoms with Crippen molar-refractivity contribution < 1.29 is 28.7 Å². The number of imidazole rings is 2. The average molecular weight is 703 g/mol. The number of cyclic esters (lactones) is 2. The monoisotopic (exact) mass is 702 g/mol. The van der Waals surface area contributed by atoms with Gasteiger partial charge in [-0.2, -0.15) is 0 Å². The summed E-state index contributed by atoms with van der Waals surface area (Å²) < 4.78 is 10.2. The van der Waals surface area contributed by atoms with Gasteiger partial charge in [-0.15, -0.1) is 0 Å². The van der Waals surface area contributed by atoms with Gasteiger partial charge < -0.3 is 39.9 Å². The summed E-state index contributed by atoms with van der Waals surface area (Å²) in [4.78, 5) is 69.3. The Morgan fingerprint density at radius 1 is 0.673 bits per heavy atom. The Kier molecular flexibility index (Phi) is 8.62. The van der Waals surface area contributed by atoms with Gasteiger partial charge in [-0.1, -0.05) is 36.1 Å². The highest BCUT2D eigenvalue weighted by atomic mass is 16.6. The highest BCUT2D eigenvalue weighted by Crippen LogP contribution is 2.34. The molecular formula is C38H38N8O6. The fraction of sp³-hybridized carbons (Fsp3) is 0.368. The molecule has 4 amide bonds. The molecular weight excluding hydrogens is 664 g/mol. The zero-order chi connectivity index (χ0) is 35.9. The van der Waals surface area contributed by atoms with Crippen LogP contribution in [0, 0.1) is 11.8 Å². The van der Waals surface area contributed by atoms with Gasteiger partial charge in [0.15, 0.2) is 0 Å². The van der Waals surface area contributed by atoms with Crippen molar-refractivity contribution in [2.45, 2.75) is 75.9 Å². The lowest BCUT2D eigenvalue weighted by Crippen LogP contribution is -2.47. The maximum Gasteiger partial charge on any atom is 0.408 e. The van der Waals surface area contributed by atoms with E-state index in [0.29, 0.717) is 24.7 Å². The van der Waals surface area contributed by atoms with Crippen LogP contribution in [0.1, 0.15) is 74.4 Å². The van der Waals surface area contributed by atoms with E-state index < -0.39 is 36.5 Å². The van der Waals surface area contributed by atoms with Crippen LogP contribution in [0.3, 0.4) is 0 Å². The Bertz CT molecular complexity index is 1930. The molecule has 4 N–H and O–H groups in total. The number of amides is 4. The van der Waals surface area contributed by atoms with Gasteiger partial charge in [0.05, 0.1) is 35.9 Å². The van der Waals surface area contributed by atoms with Gasteiger partial charge in [0.25, 0.3) is 0 Å². The number of hydrogen-bond acceptors (Lipinski definition) is 8. The van der Waals surface area contributed by atoms with Gasteiger partial charge in [-0.25, -0.2) is 19.6 Å².